The summed E-state index contributed by atoms with van der Waals surface area (Å²) in [6.45, 7) is 30.9. The number of benzene rings is 2. The smallest absolute Gasteiger partial charge is 1.00 e. The molecule has 6 aliphatic carbocycles. The first-order valence-electron chi connectivity index (χ1n) is 22.0. The minimum Gasteiger partial charge on any atom is -1.00 e. The molecule has 2 aromatic rings. The van der Waals surface area contributed by atoms with E-state index in [1.807, 2.05) is 12.1 Å². The Hall–Kier alpha value is -1.73. The Balaban J connectivity index is 0.00000302. The SMILES string of the molecule is CCCCC1C=C(C(C)(C)C)C=[C]1[Zr+2](=[C](c1cccc(Cl)c1)c1cccc(Cl)c1)[CH]1C2C=CC=C(C)C2(C)C2(C)C3(C)C=CC=CC3(C)C3(C)C=CC=CC3(C)C12C.[Cl-].[Cl-]. The van der Waals surface area contributed by atoms with E-state index in [2.05, 4.69) is 198 Å². The molecule has 2 saturated carbocycles. The fraction of sp³-hybridized carbons (Fsp3) is 0.473. The average Bonchev–Trinajstić information content (AvgIpc) is 3.67. The summed E-state index contributed by atoms with van der Waals surface area (Å²) in [6.07, 6.45) is 36.8. The van der Waals surface area contributed by atoms with E-state index in [1.54, 1.807) is 6.49 Å². The second-order valence-electron chi connectivity index (χ2n) is 21.0. The summed E-state index contributed by atoms with van der Waals surface area (Å²) < 4.78 is 3.68. The average molecular weight is 960 g/mol. The molecule has 5 heteroatoms. The van der Waals surface area contributed by atoms with Crippen LogP contribution in [0.1, 0.15) is 113 Å². The van der Waals surface area contributed by atoms with Crippen LogP contribution in [0.15, 0.2) is 142 Å². The van der Waals surface area contributed by atoms with Gasteiger partial charge < -0.3 is 24.8 Å². The Morgan fingerprint density at radius 2 is 1.23 bits per heavy atom. The Morgan fingerprint density at radius 1 is 0.717 bits per heavy atom. The fourth-order valence-electron chi connectivity index (χ4n) is 14.5. The van der Waals surface area contributed by atoms with Gasteiger partial charge in [-0.15, -0.1) is 0 Å². The van der Waals surface area contributed by atoms with E-state index < -0.39 is 21.3 Å². The minimum atomic E-state index is -3.33. The van der Waals surface area contributed by atoms with Gasteiger partial charge in [0.05, 0.1) is 0 Å². The van der Waals surface area contributed by atoms with Crippen LogP contribution < -0.4 is 24.8 Å². The molecule has 318 valence electrons. The third-order valence-corrected chi connectivity index (χ3v) is 28.3. The first-order chi connectivity index (χ1) is 27.2. The maximum atomic E-state index is 7.07. The molecule has 6 aliphatic rings. The molecule has 0 radical (unpaired) electrons. The summed E-state index contributed by atoms with van der Waals surface area (Å²) in [5.74, 6) is 0.728. The Morgan fingerprint density at radius 3 is 1.75 bits per heavy atom. The van der Waals surface area contributed by atoms with Crippen LogP contribution in [-0.2, 0) is 21.3 Å². The van der Waals surface area contributed by atoms with E-state index in [-0.39, 0.29) is 68.1 Å². The molecule has 0 bridgehead atoms. The van der Waals surface area contributed by atoms with E-state index >= 15 is 0 Å². The van der Waals surface area contributed by atoms with Gasteiger partial charge in [0.15, 0.2) is 0 Å². The van der Waals surface area contributed by atoms with Gasteiger partial charge >= 0.3 is 372 Å². The van der Waals surface area contributed by atoms with Crippen LogP contribution in [0.25, 0.3) is 0 Å². The minimum absolute atomic E-state index is 0. The molecular weight excluding hydrogens is 894 g/mol. The maximum Gasteiger partial charge on any atom is -1.00 e. The quantitative estimate of drug-likeness (QED) is 0.260. The molecule has 0 heterocycles. The van der Waals surface area contributed by atoms with E-state index in [1.165, 1.54) is 41.5 Å². The number of unbranched alkanes of at least 4 members (excludes halogenated alkanes) is 1. The maximum absolute atomic E-state index is 7.07. The standard InChI is InChI=1S/C29H37.C13H8Cl2.C13H21.2ClH.Zr/c1-21-14-13-15-22-20-27(6)25(4)18-10-9-16-23(25,2)24(3)17-11-12-19-26(24,5)29(27,8)28(21,22)7;14-12-5-1-3-10(8-12)7-11-4-2-6-13(15)9-11;1-5-6-7-11-8-9-12(10-11)13(2,3)4;;;/h9-20,22H,1-8H3;1-6,8-9H;9-11H,5-7H2,1-4H3;2*1H;/q;;;;;+2/p-2. The van der Waals surface area contributed by atoms with Gasteiger partial charge in [-0.1, -0.05) is 0 Å². The van der Waals surface area contributed by atoms with E-state index in [0.29, 0.717) is 15.5 Å². The van der Waals surface area contributed by atoms with Crippen molar-refractivity contribution in [1.29, 1.82) is 0 Å². The van der Waals surface area contributed by atoms with Crippen LogP contribution in [0.3, 0.4) is 0 Å². The molecule has 0 aliphatic heterocycles. The van der Waals surface area contributed by atoms with Crippen molar-refractivity contribution in [1.82, 2.24) is 0 Å². The number of hydrogen-bond acceptors (Lipinski definition) is 0. The van der Waals surface area contributed by atoms with Crippen molar-refractivity contribution < 1.29 is 46.1 Å². The molecule has 0 spiro atoms. The van der Waals surface area contributed by atoms with Gasteiger partial charge in [0.25, 0.3) is 0 Å². The van der Waals surface area contributed by atoms with Gasteiger partial charge in [-0.3, -0.25) is 0 Å². The third kappa shape index (κ3) is 6.00. The molecule has 0 amide bonds. The third-order valence-electron chi connectivity index (χ3n) is 18.4. The number of allylic oxidation sites excluding steroid dienone is 16. The number of rotatable bonds is 7. The predicted octanol–water partition coefficient (Wildman–Crippen LogP) is 10.1. The fourth-order valence-corrected chi connectivity index (χ4v) is 26.7. The normalized spacial score (nSPS) is 37.9. The largest absolute Gasteiger partial charge is 1.00 e. The number of fused-ring (bicyclic) bond motifs is 8. The van der Waals surface area contributed by atoms with Crippen molar-refractivity contribution >= 4 is 26.4 Å². The van der Waals surface area contributed by atoms with Crippen molar-refractivity contribution in [2.24, 2.45) is 55.2 Å². The van der Waals surface area contributed by atoms with Crippen LogP contribution >= 0.6 is 23.2 Å². The van der Waals surface area contributed by atoms with Gasteiger partial charge in [0.2, 0.25) is 0 Å². The topological polar surface area (TPSA) is 0 Å². The Bertz CT molecular complexity index is 2300. The molecule has 0 saturated heterocycles. The zero-order valence-corrected chi connectivity index (χ0v) is 43.5. The molecular formula is C55H66Cl4Zr. The first kappa shape index (κ1) is 47.7. The summed E-state index contributed by atoms with van der Waals surface area (Å²) in [5, 5.41) is 1.58. The second-order valence-corrected chi connectivity index (χ2v) is 28.1. The first-order valence-corrected chi connectivity index (χ1v) is 26.6. The molecule has 60 heavy (non-hydrogen) atoms. The van der Waals surface area contributed by atoms with Crippen LogP contribution in [0, 0.1) is 55.2 Å². The van der Waals surface area contributed by atoms with Crippen molar-refractivity contribution in [3.05, 3.63) is 163 Å². The van der Waals surface area contributed by atoms with Crippen LogP contribution in [0.4, 0.5) is 0 Å². The second kappa shape index (κ2) is 16.1. The molecule has 10 unspecified atom stereocenters. The molecule has 10 atom stereocenters. The molecule has 0 N–H and O–H groups in total. The summed E-state index contributed by atoms with van der Waals surface area (Å²) in [5.41, 5.74) is 4.40. The molecule has 8 rings (SSSR count). The summed E-state index contributed by atoms with van der Waals surface area (Å²) in [4.78, 5) is 0. The molecule has 0 aromatic heterocycles. The van der Waals surface area contributed by atoms with Crippen molar-refractivity contribution in [3.63, 3.8) is 0 Å². The van der Waals surface area contributed by atoms with Crippen molar-refractivity contribution in [2.45, 2.75) is 106 Å². The van der Waals surface area contributed by atoms with Gasteiger partial charge in [-0.05, 0) is 0 Å². The summed E-state index contributed by atoms with van der Waals surface area (Å²) in [7, 11) is 0. The number of hydrogen-bond donors (Lipinski definition) is 0. The Labute approximate surface area is 393 Å². The van der Waals surface area contributed by atoms with Crippen molar-refractivity contribution in [3.8, 4) is 0 Å². The van der Waals surface area contributed by atoms with Crippen LogP contribution in [-0.4, -0.2) is 3.21 Å². The number of halogens is 4. The Kier molecular flexibility index (Phi) is 12.8. The van der Waals surface area contributed by atoms with Gasteiger partial charge in [0.1, 0.15) is 0 Å². The van der Waals surface area contributed by atoms with Crippen LogP contribution in [0.2, 0.25) is 13.7 Å². The zero-order valence-electron chi connectivity index (χ0n) is 38.0. The molecule has 2 aromatic carbocycles. The van der Waals surface area contributed by atoms with Gasteiger partial charge in [-0.2, -0.15) is 0 Å². The molecule has 0 nitrogen and oxygen atoms in total. The van der Waals surface area contributed by atoms with Crippen molar-refractivity contribution in [2.75, 3.05) is 0 Å². The van der Waals surface area contributed by atoms with E-state index in [9.17, 15) is 0 Å². The van der Waals surface area contributed by atoms with Crippen LogP contribution in [0.5, 0.6) is 0 Å². The monoisotopic (exact) mass is 956 g/mol. The van der Waals surface area contributed by atoms with E-state index in [0.717, 1.165) is 10.0 Å². The van der Waals surface area contributed by atoms with E-state index in [4.69, 9.17) is 23.2 Å². The summed E-state index contributed by atoms with van der Waals surface area (Å²) >= 11 is 10.8. The summed E-state index contributed by atoms with van der Waals surface area (Å²) in [6, 6.07) is 17.7. The predicted molar refractivity (Wildman–Crippen MR) is 248 cm³/mol. The van der Waals surface area contributed by atoms with Gasteiger partial charge in [-0.25, -0.2) is 0 Å². The zero-order chi connectivity index (χ0) is 41.9. The molecule has 2 fully saturated rings. The van der Waals surface area contributed by atoms with Gasteiger partial charge in [0, 0.05) is 0 Å².